The van der Waals surface area contributed by atoms with Crippen molar-refractivity contribution in [1.29, 1.82) is 0 Å². The van der Waals surface area contributed by atoms with Crippen molar-refractivity contribution in [2.45, 2.75) is 26.5 Å². The molecule has 2 aromatic rings. The Morgan fingerprint density at radius 2 is 2.16 bits per heavy atom. The van der Waals surface area contributed by atoms with E-state index in [2.05, 4.69) is 10.3 Å². The molecule has 0 fully saturated rings. The molecule has 1 N–H and O–H groups in total. The Bertz CT molecular complexity index is 572. The van der Waals surface area contributed by atoms with Gasteiger partial charge >= 0.3 is 11.6 Å². The number of aromatic nitrogens is 2. The van der Waals surface area contributed by atoms with Crippen LogP contribution in [0.2, 0.25) is 0 Å². The summed E-state index contributed by atoms with van der Waals surface area (Å²) < 4.78 is 6.51. The Morgan fingerprint density at radius 1 is 1.47 bits per heavy atom. The molecule has 6 heteroatoms. The smallest absolute Gasteiger partial charge is 0.326 e. The van der Waals surface area contributed by atoms with Gasteiger partial charge in [-0.1, -0.05) is 30.3 Å². The summed E-state index contributed by atoms with van der Waals surface area (Å²) in [6, 6.07) is 9.63. The van der Waals surface area contributed by atoms with Crippen molar-refractivity contribution in [3.63, 3.8) is 0 Å². The molecule has 1 atom stereocenters. The topological polar surface area (TPSA) is 85.6 Å². The number of hydrogen-bond acceptors (Lipinski definition) is 5. The predicted molar refractivity (Wildman–Crippen MR) is 65.6 cm³/mol. The molecular formula is C13H15N3O3. The fourth-order valence-electron chi connectivity index (χ4n) is 1.77. The Kier molecular flexibility index (Phi) is 3.91. The molecule has 6 nitrogen and oxygen atoms in total. The van der Waals surface area contributed by atoms with Gasteiger partial charge in [0, 0.05) is 5.56 Å². The minimum atomic E-state index is -0.826. The average Bonchev–Trinajstić information content (AvgIpc) is 2.72. The van der Waals surface area contributed by atoms with E-state index < -0.39 is 12.0 Å². The van der Waals surface area contributed by atoms with E-state index >= 15 is 0 Å². The number of aliphatic hydroxyl groups is 1. The van der Waals surface area contributed by atoms with Gasteiger partial charge in [0.25, 0.3) is 0 Å². The summed E-state index contributed by atoms with van der Waals surface area (Å²) in [6.45, 7) is 3.33. The summed E-state index contributed by atoms with van der Waals surface area (Å²) in [4.78, 5) is 3.69. The van der Waals surface area contributed by atoms with Gasteiger partial charge in [-0.05, 0) is 24.4 Å². The SMILES string of the molecule is C/C([O-])=N/c1on[n+](Cc2ccccc2)c1C(C)O. The maximum atomic E-state index is 11.0. The van der Waals surface area contributed by atoms with Crippen LogP contribution >= 0.6 is 0 Å². The lowest BCUT2D eigenvalue weighted by molar-refractivity contribution is -0.763. The highest BCUT2D eigenvalue weighted by Crippen LogP contribution is 2.21. The Balaban J connectivity index is 2.36. The summed E-state index contributed by atoms with van der Waals surface area (Å²) in [5.74, 6) is -0.344. The van der Waals surface area contributed by atoms with Crippen LogP contribution in [0.3, 0.4) is 0 Å². The third-order valence-electron chi connectivity index (χ3n) is 2.55. The van der Waals surface area contributed by atoms with E-state index in [4.69, 9.17) is 4.52 Å². The van der Waals surface area contributed by atoms with Crippen molar-refractivity contribution < 1.29 is 19.4 Å². The summed E-state index contributed by atoms with van der Waals surface area (Å²) >= 11 is 0. The molecule has 0 aliphatic carbocycles. The van der Waals surface area contributed by atoms with Gasteiger partial charge in [0.05, 0.1) is 0 Å². The number of aliphatic imine (C=N–C) groups is 1. The molecule has 0 aliphatic rings. The standard InChI is InChI=1S/C13H15N3O3/c1-9(17)12-13(14-10(2)18)19-15-16(12)8-11-6-4-3-5-7-11/h3-7,9,17H,8H2,1-2H3. The van der Waals surface area contributed by atoms with Crippen molar-refractivity contribution in [3.8, 4) is 0 Å². The Labute approximate surface area is 110 Å². The quantitative estimate of drug-likeness (QED) is 0.492. The normalized spacial score (nSPS) is 13.5. The minimum absolute atomic E-state index is 0.0541. The molecule has 0 amide bonds. The lowest BCUT2D eigenvalue weighted by atomic mass is 10.2. The first-order valence-corrected chi connectivity index (χ1v) is 5.92. The molecule has 19 heavy (non-hydrogen) atoms. The first-order valence-electron chi connectivity index (χ1n) is 5.92. The average molecular weight is 261 g/mol. The predicted octanol–water partition coefficient (Wildman–Crippen LogP) is 0.474. The molecule has 0 saturated heterocycles. The van der Waals surface area contributed by atoms with Crippen molar-refractivity contribution >= 4 is 11.8 Å². The third-order valence-corrected chi connectivity index (χ3v) is 2.55. The first-order chi connectivity index (χ1) is 9.08. The number of hydrogen-bond donors (Lipinski definition) is 1. The second-order valence-corrected chi connectivity index (χ2v) is 4.21. The van der Waals surface area contributed by atoms with Crippen LogP contribution in [-0.2, 0) is 6.54 Å². The van der Waals surface area contributed by atoms with Crippen molar-refractivity contribution in [1.82, 2.24) is 5.27 Å². The molecule has 1 unspecified atom stereocenters. The zero-order chi connectivity index (χ0) is 13.8. The van der Waals surface area contributed by atoms with E-state index in [1.807, 2.05) is 30.3 Å². The molecule has 0 saturated carbocycles. The third kappa shape index (κ3) is 3.17. The van der Waals surface area contributed by atoms with Crippen molar-refractivity contribution in [2.75, 3.05) is 0 Å². The monoisotopic (exact) mass is 261 g/mol. The highest BCUT2D eigenvalue weighted by atomic mass is 16.5. The van der Waals surface area contributed by atoms with Crippen LogP contribution in [0, 0.1) is 0 Å². The van der Waals surface area contributed by atoms with Gasteiger partial charge in [0.15, 0.2) is 0 Å². The Hall–Kier alpha value is -2.21. The van der Waals surface area contributed by atoms with Crippen LogP contribution in [0.5, 0.6) is 0 Å². The highest BCUT2D eigenvalue weighted by molar-refractivity contribution is 5.71. The zero-order valence-electron chi connectivity index (χ0n) is 10.8. The molecule has 0 radical (unpaired) electrons. The van der Waals surface area contributed by atoms with Crippen molar-refractivity contribution in [2.24, 2.45) is 4.99 Å². The maximum Gasteiger partial charge on any atom is 0.326 e. The second kappa shape index (κ2) is 5.62. The summed E-state index contributed by atoms with van der Waals surface area (Å²) in [7, 11) is 0. The maximum absolute atomic E-state index is 11.0. The van der Waals surface area contributed by atoms with E-state index in [0.717, 1.165) is 5.56 Å². The van der Waals surface area contributed by atoms with Gasteiger partial charge in [-0.2, -0.15) is 0 Å². The van der Waals surface area contributed by atoms with E-state index in [9.17, 15) is 10.2 Å². The van der Waals surface area contributed by atoms with Crippen LogP contribution in [0.25, 0.3) is 0 Å². The molecule has 100 valence electrons. The van der Waals surface area contributed by atoms with Gasteiger partial charge in [-0.3, -0.25) is 4.52 Å². The number of aliphatic hydroxyl groups excluding tert-OH is 1. The van der Waals surface area contributed by atoms with Gasteiger partial charge in [-0.25, -0.2) is 4.99 Å². The van der Waals surface area contributed by atoms with Crippen LogP contribution in [-0.4, -0.2) is 16.3 Å². The van der Waals surface area contributed by atoms with Crippen LogP contribution in [0.4, 0.5) is 5.88 Å². The second-order valence-electron chi connectivity index (χ2n) is 4.21. The molecule has 0 aliphatic heterocycles. The molecule has 1 aromatic carbocycles. The number of nitrogens with zero attached hydrogens (tertiary/aromatic N) is 3. The van der Waals surface area contributed by atoms with Crippen molar-refractivity contribution in [3.05, 3.63) is 41.6 Å². The molecule has 1 aromatic heterocycles. The summed E-state index contributed by atoms with van der Waals surface area (Å²) in [5, 5.41) is 24.6. The Morgan fingerprint density at radius 3 is 2.74 bits per heavy atom. The van der Waals surface area contributed by atoms with Crippen LogP contribution in [0.15, 0.2) is 39.8 Å². The first kappa shape index (κ1) is 13.2. The number of benzene rings is 1. The molecule has 0 spiro atoms. The van der Waals surface area contributed by atoms with Gasteiger partial charge < -0.3 is 10.2 Å². The molecule has 0 bridgehead atoms. The summed E-state index contributed by atoms with van der Waals surface area (Å²) in [6.07, 6.45) is -0.826. The van der Waals surface area contributed by atoms with E-state index in [1.165, 1.54) is 11.6 Å². The van der Waals surface area contributed by atoms with E-state index in [0.29, 0.717) is 12.2 Å². The lowest BCUT2D eigenvalue weighted by Crippen LogP contribution is -2.40. The van der Waals surface area contributed by atoms with E-state index in [-0.39, 0.29) is 5.88 Å². The number of rotatable bonds is 4. The summed E-state index contributed by atoms with van der Waals surface area (Å²) in [5.41, 5.74) is 1.40. The van der Waals surface area contributed by atoms with Gasteiger partial charge in [-0.15, -0.1) is 0 Å². The van der Waals surface area contributed by atoms with Crippen LogP contribution < -0.4 is 9.79 Å². The molecular weight excluding hydrogens is 246 g/mol. The lowest BCUT2D eigenvalue weighted by Gasteiger charge is -2.01. The van der Waals surface area contributed by atoms with Gasteiger partial charge in [0.1, 0.15) is 6.10 Å². The van der Waals surface area contributed by atoms with E-state index in [1.54, 1.807) is 6.92 Å². The minimum Gasteiger partial charge on any atom is -0.862 e. The largest absolute Gasteiger partial charge is 0.862 e. The fourth-order valence-corrected chi connectivity index (χ4v) is 1.77. The molecule has 1 heterocycles. The molecule has 2 rings (SSSR count). The van der Waals surface area contributed by atoms with Gasteiger partial charge in [0.2, 0.25) is 11.8 Å². The fraction of sp³-hybridized carbons (Fsp3) is 0.308. The van der Waals surface area contributed by atoms with Crippen LogP contribution in [0.1, 0.15) is 31.2 Å². The zero-order valence-corrected chi connectivity index (χ0v) is 10.8. The highest BCUT2D eigenvalue weighted by Gasteiger charge is 2.28.